The minimum absolute atomic E-state index is 0. The van der Waals surface area contributed by atoms with E-state index in [1.54, 1.807) is 6.92 Å². The maximum atomic E-state index is 3.25. The van der Waals surface area contributed by atoms with Gasteiger partial charge in [0.05, 0.1) is 0 Å². The van der Waals surface area contributed by atoms with Crippen molar-refractivity contribution in [1.29, 1.82) is 0 Å². The summed E-state index contributed by atoms with van der Waals surface area (Å²) in [6.07, 6.45) is 0. The molecule has 0 spiro atoms. The SMILES string of the molecule is C.C.C.[CH2]C.[Pb]. The average Bonchev–Trinajstić information content (AvgIpc) is 1.00. The summed E-state index contributed by atoms with van der Waals surface area (Å²) >= 11 is 0. The zero-order valence-electron chi connectivity index (χ0n) is 2.21. The molecule has 6 heavy (non-hydrogen) atoms. The predicted octanol–water partition coefficient (Wildman–Crippen LogP) is 2.37. The van der Waals surface area contributed by atoms with Crippen LogP contribution in [-0.4, -0.2) is 27.3 Å². The molecule has 0 aliphatic carbocycles. The smallest absolute Gasteiger partial charge is 0 e. The molecule has 0 aliphatic rings. The first-order valence-electron chi connectivity index (χ1n) is 0.707. The molecule has 0 aliphatic heterocycles. The summed E-state index contributed by atoms with van der Waals surface area (Å²) in [7, 11) is 0. The van der Waals surface area contributed by atoms with Crippen molar-refractivity contribution in [3.63, 3.8) is 0 Å². The zero-order chi connectivity index (χ0) is 2.00. The topological polar surface area (TPSA) is 0 Å². The Balaban J connectivity index is -0.000000000833. The fourth-order valence-corrected chi connectivity index (χ4v) is 0. The molecule has 0 rings (SSSR count). The maximum Gasteiger partial charge on any atom is 0 e. The fraction of sp³-hybridized carbons (Fsp3) is 0.800. The van der Waals surface area contributed by atoms with Crippen molar-refractivity contribution in [3.8, 4) is 0 Å². The molecule has 0 fully saturated rings. The molecule has 0 aromatic carbocycles. The molecule has 0 amide bonds. The fourth-order valence-electron chi connectivity index (χ4n) is 0. The molecule has 0 unspecified atom stereocenters. The third-order valence-corrected chi connectivity index (χ3v) is 0. The molecule has 0 saturated carbocycles. The third kappa shape index (κ3) is 89.1. The first kappa shape index (κ1) is 65.7. The molecule has 5 radical (unpaired) electrons. The Morgan fingerprint density at radius 3 is 0.833 bits per heavy atom. The van der Waals surface area contributed by atoms with Crippen LogP contribution >= 0.6 is 0 Å². The second-order valence-electron chi connectivity index (χ2n) is 0. The van der Waals surface area contributed by atoms with E-state index in [-0.39, 0.29) is 49.6 Å². The molecule has 0 nitrogen and oxygen atoms in total. The van der Waals surface area contributed by atoms with Crippen LogP contribution in [0.3, 0.4) is 0 Å². The largest absolute Gasteiger partial charge is 0.0776 e. The Morgan fingerprint density at radius 1 is 0.833 bits per heavy atom. The van der Waals surface area contributed by atoms with Crippen LogP contribution in [0.4, 0.5) is 0 Å². The van der Waals surface area contributed by atoms with E-state index < -0.39 is 0 Å². The molecule has 0 saturated heterocycles. The van der Waals surface area contributed by atoms with E-state index in [2.05, 4.69) is 6.92 Å². The first-order valence-corrected chi connectivity index (χ1v) is 0.707. The van der Waals surface area contributed by atoms with Crippen LogP contribution < -0.4 is 0 Å². The summed E-state index contributed by atoms with van der Waals surface area (Å²) in [4.78, 5) is 0. The van der Waals surface area contributed by atoms with Gasteiger partial charge < -0.3 is 0 Å². The zero-order valence-corrected chi connectivity index (χ0v) is 6.09. The monoisotopic (exact) mass is 285 g/mol. The van der Waals surface area contributed by atoms with E-state index in [0.717, 1.165) is 0 Å². The van der Waals surface area contributed by atoms with E-state index in [4.69, 9.17) is 0 Å². The Hall–Kier alpha value is 0.922. The van der Waals surface area contributed by atoms with Crippen LogP contribution in [0.25, 0.3) is 0 Å². The van der Waals surface area contributed by atoms with E-state index in [1.807, 2.05) is 0 Å². The maximum absolute atomic E-state index is 3.25. The molecular weight excluding hydrogens is 267 g/mol. The van der Waals surface area contributed by atoms with Gasteiger partial charge in [-0.2, -0.15) is 0 Å². The van der Waals surface area contributed by atoms with Gasteiger partial charge in [0.25, 0.3) is 0 Å². The van der Waals surface area contributed by atoms with E-state index >= 15 is 0 Å². The van der Waals surface area contributed by atoms with Gasteiger partial charge in [-0.1, -0.05) is 36.1 Å². The van der Waals surface area contributed by atoms with Crippen molar-refractivity contribution in [2.75, 3.05) is 0 Å². The predicted molar refractivity (Wildman–Crippen MR) is 37.0 cm³/mol. The Kier molecular flexibility index (Phi) is 1850. The van der Waals surface area contributed by atoms with Crippen molar-refractivity contribution in [2.24, 2.45) is 0 Å². The molecule has 0 bridgehead atoms. The van der Waals surface area contributed by atoms with Gasteiger partial charge in [-0.25, -0.2) is 0 Å². The van der Waals surface area contributed by atoms with Gasteiger partial charge in [0.15, 0.2) is 0 Å². The van der Waals surface area contributed by atoms with E-state index in [0.29, 0.717) is 0 Å². The Bertz CT molecular complexity index is 3.90. The van der Waals surface area contributed by atoms with Crippen molar-refractivity contribution in [3.05, 3.63) is 6.92 Å². The summed E-state index contributed by atoms with van der Waals surface area (Å²) in [5.74, 6) is 0. The van der Waals surface area contributed by atoms with Gasteiger partial charge in [-0.05, 0) is 0 Å². The van der Waals surface area contributed by atoms with Crippen molar-refractivity contribution >= 4 is 27.3 Å². The quantitative estimate of drug-likeness (QED) is 0.599. The molecule has 0 aromatic rings. The average molecular weight is 284 g/mol. The van der Waals surface area contributed by atoms with Crippen molar-refractivity contribution in [2.45, 2.75) is 29.2 Å². The number of hydrogen-bond donors (Lipinski definition) is 0. The van der Waals surface area contributed by atoms with Crippen molar-refractivity contribution < 1.29 is 0 Å². The number of rotatable bonds is 0. The molecular formula is C5H17Pb. The van der Waals surface area contributed by atoms with Crippen LogP contribution in [-0.2, 0) is 0 Å². The first-order chi connectivity index (χ1) is 1.00. The van der Waals surface area contributed by atoms with Crippen LogP contribution in [0.5, 0.6) is 0 Å². The van der Waals surface area contributed by atoms with Crippen LogP contribution in [0.2, 0.25) is 0 Å². The van der Waals surface area contributed by atoms with Crippen LogP contribution in [0.1, 0.15) is 29.2 Å². The van der Waals surface area contributed by atoms with Crippen LogP contribution in [0, 0.1) is 6.92 Å². The van der Waals surface area contributed by atoms with Gasteiger partial charge >= 0.3 is 0 Å². The molecule has 0 aromatic heterocycles. The van der Waals surface area contributed by atoms with Gasteiger partial charge in [0.1, 0.15) is 0 Å². The van der Waals surface area contributed by atoms with Gasteiger partial charge in [0.2, 0.25) is 0 Å². The molecule has 0 atom stereocenters. The molecule has 0 heterocycles. The minimum atomic E-state index is 0. The number of hydrogen-bond acceptors (Lipinski definition) is 0. The van der Waals surface area contributed by atoms with Crippen LogP contribution in [0.15, 0.2) is 0 Å². The van der Waals surface area contributed by atoms with Gasteiger partial charge in [-0.15, -0.1) is 0 Å². The van der Waals surface area contributed by atoms with Crippen molar-refractivity contribution in [1.82, 2.24) is 0 Å². The Morgan fingerprint density at radius 2 is 0.833 bits per heavy atom. The summed E-state index contributed by atoms with van der Waals surface area (Å²) in [6.45, 7) is 5.00. The summed E-state index contributed by atoms with van der Waals surface area (Å²) in [5.41, 5.74) is 0. The van der Waals surface area contributed by atoms with E-state index in [1.165, 1.54) is 0 Å². The molecule has 0 N–H and O–H groups in total. The molecule has 41 valence electrons. The third-order valence-electron chi connectivity index (χ3n) is 0. The van der Waals surface area contributed by atoms with E-state index in [9.17, 15) is 0 Å². The summed E-state index contributed by atoms with van der Waals surface area (Å²) in [5, 5.41) is 0. The molecule has 1 heteroatoms. The standard InChI is InChI=1S/C2H5.3CH4.Pb/c1-2;;;;/h1H2,2H3;3*1H4;. The summed E-state index contributed by atoms with van der Waals surface area (Å²) in [6, 6.07) is 0. The normalized spacial score (nSPS) is 1.00. The Labute approximate surface area is 63.5 Å². The summed E-state index contributed by atoms with van der Waals surface area (Å²) < 4.78 is 0. The minimum Gasteiger partial charge on any atom is -0.0776 e. The van der Waals surface area contributed by atoms with Gasteiger partial charge in [-0.3, -0.25) is 0 Å². The van der Waals surface area contributed by atoms with Gasteiger partial charge in [0, 0.05) is 27.3 Å². The second-order valence-corrected chi connectivity index (χ2v) is 0. The second kappa shape index (κ2) is 169.